The minimum absolute atomic E-state index is 0.601. The van der Waals surface area contributed by atoms with Crippen LogP contribution in [0.3, 0.4) is 0 Å². The van der Waals surface area contributed by atoms with Crippen molar-refractivity contribution in [2.45, 2.75) is 13.0 Å². The summed E-state index contributed by atoms with van der Waals surface area (Å²) >= 11 is 5.78. The Kier molecular flexibility index (Phi) is 2.70. The van der Waals surface area contributed by atoms with Gasteiger partial charge in [0.2, 0.25) is 0 Å². The summed E-state index contributed by atoms with van der Waals surface area (Å²) in [5, 5.41) is 17.8. The Hall–Kier alpha value is -1.39. The van der Waals surface area contributed by atoms with Crippen LogP contribution >= 0.6 is 11.6 Å². The molecule has 0 aliphatic heterocycles. The number of benzene rings is 1. The largest absolute Gasteiger partial charge is 0.387 e. The summed E-state index contributed by atoms with van der Waals surface area (Å²) in [7, 11) is 0. The lowest BCUT2D eigenvalue weighted by atomic mass is 10.2. The fourth-order valence-electron chi connectivity index (χ4n) is 1.31. The third-order valence-electron chi connectivity index (χ3n) is 2.07. The predicted octanol–water partition coefficient (Wildman–Crippen LogP) is 1.97. The number of rotatable bonds is 2. The molecule has 0 aliphatic rings. The Labute approximate surface area is 92.1 Å². The maximum Gasteiger partial charge on any atom is 0.0949 e. The van der Waals surface area contributed by atoms with E-state index in [9.17, 15) is 5.11 Å². The van der Waals surface area contributed by atoms with Crippen molar-refractivity contribution in [1.29, 1.82) is 0 Å². The van der Waals surface area contributed by atoms with Gasteiger partial charge in [-0.3, -0.25) is 0 Å². The third kappa shape index (κ3) is 2.00. The van der Waals surface area contributed by atoms with E-state index in [0.717, 1.165) is 5.69 Å². The van der Waals surface area contributed by atoms with Gasteiger partial charge >= 0.3 is 0 Å². The molecule has 0 saturated carbocycles. The zero-order valence-corrected chi connectivity index (χ0v) is 8.89. The number of nitrogens with zero attached hydrogens (tertiary/aromatic N) is 3. The van der Waals surface area contributed by atoms with Gasteiger partial charge in [-0.15, -0.1) is 5.10 Å². The molecule has 0 bridgehead atoms. The molecule has 78 valence electrons. The summed E-state index contributed by atoms with van der Waals surface area (Å²) in [6, 6.07) is 7.18. The van der Waals surface area contributed by atoms with Gasteiger partial charge in [0.25, 0.3) is 0 Å². The van der Waals surface area contributed by atoms with Gasteiger partial charge in [0, 0.05) is 5.02 Å². The molecule has 1 unspecified atom stereocenters. The van der Waals surface area contributed by atoms with E-state index in [-0.39, 0.29) is 0 Å². The monoisotopic (exact) mass is 223 g/mol. The van der Waals surface area contributed by atoms with E-state index in [2.05, 4.69) is 10.3 Å². The number of hydrogen-bond acceptors (Lipinski definition) is 3. The molecular weight excluding hydrogens is 214 g/mol. The summed E-state index contributed by atoms with van der Waals surface area (Å²) in [6.07, 6.45) is 0.940. The average molecular weight is 224 g/mol. The van der Waals surface area contributed by atoms with Crippen LogP contribution in [-0.4, -0.2) is 20.1 Å². The molecule has 0 fully saturated rings. The van der Waals surface area contributed by atoms with Crippen molar-refractivity contribution >= 4 is 11.6 Å². The van der Waals surface area contributed by atoms with Crippen LogP contribution in [0.15, 0.2) is 30.5 Å². The van der Waals surface area contributed by atoms with Crippen LogP contribution in [0.4, 0.5) is 0 Å². The summed E-state index contributed by atoms with van der Waals surface area (Å²) < 4.78 is 1.58. The molecule has 5 heteroatoms. The van der Waals surface area contributed by atoms with Crippen LogP contribution < -0.4 is 0 Å². The van der Waals surface area contributed by atoms with E-state index < -0.39 is 6.10 Å². The highest BCUT2D eigenvalue weighted by Gasteiger charge is 2.10. The SMILES string of the molecule is CC(O)c1cnnn1-c1ccc(Cl)cc1. The molecule has 15 heavy (non-hydrogen) atoms. The predicted molar refractivity (Wildman–Crippen MR) is 57.0 cm³/mol. The van der Waals surface area contributed by atoms with E-state index in [1.54, 1.807) is 29.9 Å². The number of aromatic nitrogens is 3. The zero-order chi connectivity index (χ0) is 10.8. The lowest BCUT2D eigenvalue weighted by Gasteiger charge is -2.07. The van der Waals surface area contributed by atoms with Crippen LogP contribution in [-0.2, 0) is 0 Å². The molecule has 2 aromatic rings. The zero-order valence-electron chi connectivity index (χ0n) is 8.13. The molecule has 1 atom stereocenters. The molecule has 0 spiro atoms. The molecule has 1 N–H and O–H groups in total. The molecule has 4 nitrogen and oxygen atoms in total. The van der Waals surface area contributed by atoms with Gasteiger partial charge in [-0.05, 0) is 31.2 Å². The summed E-state index contributed by atoms with van der Waals surface area (Å²) in [5.41, 5.74) is 1.48. The first-order valence-electron chi connectivity index (χ1n) is 4.53. The van der Waals surface area contributed by atoms with Gasteiger partial charge < -0.3 is 5.11 Å². The minimum atomic E-state index is -0.601. The van der Waals surface area contributed by atoms with Crippen LogP contribution in [0.5, 0.6) is 0 Å². The van der Waals surface area contributed by atoms with Gasteiger partial charge in [0.1, 0.15) is 0 Å². The Balaban J connectivity index is 2.45. The van der Waals surface area contributed by atoms with E-state index in [4.69, 9.17) is 11.6 Å². The Bertz CT molecular complexity index is 450. The van der Waals surface area contributed by atoms with Crippen molar-refractivity contribution in [1.82, 2.24) is 15.0 Å². The first-order valence-corrected chi connectivity index (χ1v) is 4.91. The third-order valence-corrected chi connectivity index (χ3v) is 2.33. The van der Waals surface area contributed by atoms with Crippen LogP contribution in [0.25, 0.3) is 5.69 Å². The molecule has 0 radical (unpaired) electrons. The molecular formula is C10H10ClN3O. The van der Waals surface area contributed by atoms with Gasteiger partial charge in [-0.1, -0.05) is 16.8 Å². The normalized spacial score (nSPS) is 12.7. The molecule has 0 saturated heterocycles. The highest BCUT2D eigenvalue weighted by Crippen LogP contribution is 2.17. The summed E-state index contributed by atoms with van der Waals surface area (Å²) in [6.45, 7) is 1.67. The minimum Gasteiger partial charge on any atom is -0.387 e. The first-order chi connectivity index (χ1) is 7.18. The van der Waals surface area contributed by atoms with Crippen LogP contribution in [0, 0.1) is 0 Å². The van der Waals surface area contributed by atoms with Gasteiger partial charge in [-0.25, -0.2) is 4.68 Å². The fourth-order valence-corrected chi connectivity index (χ4v) is 1.44. The highest BCUT2D eigenvalue weighted by molar-refractivity contribution is 6.30. The maximum absolute atomic E-state index is 9.48. The van der Waals surface area contributed by atoms with Crippen molar-refractivity contribution in [3.63, 3.8) is 0 Å². The summed E-state index contributed by atoms with van der Waals surface area (Å²) in [4.78, 5) is 0. The van der Waals surface area contributed by atoms with Crippen molar-refractivity contribution in [2.24, 2.45) is 0 Å². The second kappa shape index (κ2) is 4.00. The van der Waals surface area contributed by atoms with Crippen molar-refractivity contribution in [3.8, 4) is 5.69 Å². The second-order valence-corrected chi connectivity index (χ2v) is 3.66. The smallest absolute Gasteiger partial charge is 0.0949 e. The lowest BCUT2D eigenvalue weighted by molar-refractivity contribution is 0.191. The van der Waals surface area contributed by atoms with Gasteiger partial charge in [0.15, 0.2) is 0 Å². The van der Waals surface area contributed by atoms with Gasteiger partial charge in [0.05, 0.1) is 23.7 Å². The molecule has 1 heterocycles. The Morgan fingerprint density at radius 3 is 2.60 bits per heavy atom. The number of aliphatic hydroxyl groups is 1. The second-order valence-electron chi connectivity index (χ2n) is 3.22. The number of halogens is 1. The molecule has 0 amide bonds. The van der Waals surface area contributed by atoms with Crippen molar-refractivity contribution in [2.75, 3.05) is 0 Å². The number of hydrogen-bond donors (Lipinski definition) is 1. The standard InChI is InChI=1S/C10H10ClN3O/c1-7(15)10-6-12-13-14(10)9-4-2-8(11)3-5-9/h2-7,15H,1H3. The van der Waals surface area contributed by atoms with Crippen LogP contribution in [0.1, 0.15) is 18.7 Å². The van der Waals surface area contributed by atoms with Gasteiger partial charge in [-0.2, -0.15) is 0 Å². The lowest BCUT2D eigenvalue weighted by Crippen LogP contribution is -2.04. The van der Waals surface area contributed by atoms with E-state index in [1.165, 1.54) is 0 Å². The molecule has 0 aliphatic carbocycles. The van der Waals surface area contributed by atoms with E-state index >= 15 is 0 Å². The van der Waals surface area contributed by atoms with Crippen LogP contribution in [0.2, 0.25) is 5.02 Å². The summed E-state index contributed by atoms with van der Waals surface area (Å²) in [5.74, 6) is 0. The van der Waals surface area contributed by atoms with E-state index in [0.29, 0.717) is 10.7 Å². The Morgan fingerprint density at radius 2 is 2.00 bits per heavy atom. The Morgan fingerprint density at radius 1 is 1.33 bits per heavy atom. The van der Waals surface area contributed by atoms with Crippen molar-refractivity contribution < 1.29 is 5.11 Å². The van der Waals surface area contributed by atoms with Crippen molar-refractivity contribution in [3.05, 3.63) is 41.2 Å². The quantitative estimate of drug-likeness (QED) is 0.847. The van der Waals surface area contributed by atoms with E-state index in [1.807, 2.05) is 12.1 Å². The topological polar surface area (TPSA) is 50.9 Å². The molecule has 1 aromatic heterocycles. The highest BCUT2D eigenvalue weighted by atomic mass is 35.5. The maximum atomic E-state index is 9.48. The fraction of sp³-hybridized carbons (Fsp3) is 0.200. The molecule has 1 aromatic carbocycles. The average Bonchev–Trinajstić information content (AvgIpc) is 2.67. The number of aliphatic hydroxyl groups excluding tert-OH is 1. The first kappa shape index (κ1) is 10.1. The molecule has 2 rings (SSSR count).